The first-order valence-corrected chi connectivity index (χ1v) is 6.61. The molecule has 5 heteroatoms. The van der Waals surface area contributed by atoms with E-state index in [-0.39, 0.29) is 12.5 Å². The quantitative estimate of drug-likeness (QED) is 0.799. The molecule has 0 bridgehead atoms. The SMILES string of the molecule is C=CCOc1ccccc1C(=O)N1CC[C@@H](O)[C@H](O)C1. The number of amides is 1. The summed E-state index contributed by atoms with van der Waals surface area (Å²) in [5.74, 6) is 0.300. The number of ether oxygens (including phenoxy) is 1. The molecule has 0 aromatic heterocycles. The van der Waals surface area contributed by atoms with Crippen LogP contribution in [0.3, 0.4) is 0 Å². The Bertz CT molecular complexity index is 489. The van der Waals surface area contributed by atoms with Gasteiger partial charge >= 0.3 is 0 Å². The van der Waals surface area contributed by atoms with Gasteiger partial charge in [-0.3, -0.25) is 4.79 Å². The summed E-state index contributed by atoms with van der Waals surface area (Å²) in [5, 5.41) is 19.2. The monoisotopic (exact) mass is 277 g/mol. The topological polar surface area (TPSA) is 70.0 Å². The molecule has 1 aliphatic rings. The molecule has 1 aliphatic heterocycles. The largest absolute Gasteiger partial charge is 0.489 e. The molecule has 2 rings (SSSR count). The number of nitrogens with zero attached hydrogens (tertiary/aromatic N) is 1. The Hall–Kier alpha value is -1.85. The third-order valence-electron chi connectivity index (χ3n) is 3.31. The summed E-state index contributed by atoms with van der Waals surface area (Å²) in [6.45, 7) is 4.46. The van der Waals surface area contributed by atoms with E-state index in [0.29, 0.717) is 30.9 Å². The first kappa shape index (κ1) is 14.6. The molecule has 5 nitrogen and oxygen atoms in total. The highest BCUT2D eigenvalue weighted by molar-refractivity contribution is 5.97. The number of aliphatic hydroxyl groups is 2. The zero-order valence-electron chi connectivity index (χ0n) is 11.2. The highest BCUT2D eigenvalue weighted by Crippen LogP contribution is 2.22. The van der Waals surface area contributed by atoms with Crippen LogP contribution in [0.25, 0.3) is 0 Å². The molecular formula is C15H19NO4. The van der Waals surface area contributed by atoms with E-state index in [0.717, 1.165) is 0 Å². The Morgan fingerprint density at radius 2 is 2.15 bits per heavy atom. The van der Waals surface area contributed by atoms with Gasteiger partial charge in [-0.1, -0.05) is 24.8 Å². The highest BCUT2D eigenvalue weighted by atomic mass is 16.5. The van der Waals surface area contributed by atoms with Crippen molar-refractivity contribution in [2.24, 2.45) is 0 Å². The molecule has 108 valence electrons. The maximum Gasteiger partial charge on any atom is 0.257 e. The van der Waals surface area contributed by atoms with Crippen molar-refractivity contribution >= 4 is 5.91 Å². The van der Waals surface area contributed by atoms with Crippen molar-refractivity contribution in [2.45, 2.75) is 18.6 Å². The van der Waals surface area contributed by atoms with Gasteiger partial charge in [-0.15, -0.1) is 0 Å². The van der Waals surface area contributed by atoms with E-state index in [1.807, 2.05) is 0 Å². The summed E-state index contributed by atoms with van der Waals surface area (Å²) < 4.78 is 5.47. The van der Waals surface area contributed by atoms with Gasteiger partial charge in [0.2, 0.25) is 0 Å². The van der Waals surface area contributed by atoms with Crippen molar-refractivity contribution in [2.75, 3.05) is 19.7 Å². The summed E-state index contributed by atoms with van der Waals surface area (Å²) in [7, 11) is 0. The standard InChI is InChI=1S/C15H19NO4/c1-2-9-20-14-6-4-3-5-11(14)15(19)16-8-7-12(17)13(18)10-16/h2-6,12-13,17-18H,1,7-10H2/t12-,13-/m1/s1. The lowest BCUT2D eigenvalue weighted by Crippen LogP contribution is -2.49. The van der Waals surface area contributed by atoms with Crippen molar-refractivity contribution in [1.82, 2.24) is 4.90 Å². The smallest absolute Gasteiger partial charge is 0.257 e. The first-order valence-electron chi connectivity index (χ1n) is 6.61. The van der Waals surface area contributed by atoms with Crippen LogP contribution in [0.2, 0.25) is 0 Å². The molecule has 0 saturated carbocycles. The van der Waals surface area contributed by atoms with Crippen LogP contribution in [-0.4, -0.2) is 52.9 Å². The van der Waals surface area contributed by atoms with E-state index in [1.165, 1.54) is 4.90 Å². The lowest BCUT2D eigenvalue weighted by atomic mass is 10.0. The first-order chi connectivity index (χ1) is 9.63. The number of β-amino-alcohol motifs (C(OH)–C–C–N with tert-alkyl or cyclic N) is 1. The molecule has 2 N–H and O–H groups in total. The minimum Gasteiger partial charge on any atom is -0.489 e. The molecular weight excluding hydrogens is 258 g/mol. The highest BCUT2D eigenvalue weighted by Gasteiger charge is 2.30. The van der Waals surface area contributed by atoms with Crippen molar-refractivity contribution in [3.8, 4) is 5.75 Å². The van der Waals surface area contributed by atoms with Crippen molar-refractivity contribution < 1.29 is 19.7 Å². The average molecular weight is 277 g/mol. The summed E-state index contributed by atoms with van der Waals surface area (Å²) >= 11 is 0. The normalized spacial score (nSPS) is 22.4. The van der Waals surface area contributed by atoms with E-state index >= 15 is 0 Å². The van der Waals surface area contributed by atoms with Gasteiger partial charge in [0, 0.05) is 13.1 Å². The number of carbonyl (C=O) groups is 1. The van der Waals surface area contributed by atoms with Gasteiger partial charge in [0.25, 0.3) is 5.91 Å². The molecule has 2 atom stereocenters. The Labute approximate surface area is 118 Å². The molecule has 1 aromatic rings. The van der Waals surface area contributed by atoms with Crippen molar-refractivity contribution in [3.63, 3.8) is 0 Å². The van der Waals surface area contributed by atoms with E-state index in [4.69, 9.17) is 4.74 Å². The fourth-order valence-electron chi connectivity index (χ4n) is 2.19. The minimum atomic E-state index is -0.894. The molecule has 0 aliphatic carbocycles. The summed E-state index contributed by atoms with van der Waals surface area (Å²) in [6, 6.07) is 6.98. The summed E-state index contributed by atoms with van der Waals surface area (Å²) in [6.07, 6.45) is 0.338. The van der Waals surface area contributed by atoms with Gasteiger partial charge in [-0.2, -0.15) is 0 Å². The number of aliphatic hydroxyl groups excluding tert-OH is 2. The van der Waals surface area contributed by atoms with Crippen LogP contribution in [0.5, 0.6) is 5.75 Å². The average Bonchev–Trinajstić information content (AvgIpc) is 2.47. The lowest BCUT2D eigenvalue weighted by Gasteiger charge is -2.33. The molecule has 1 heterocycles. The van der Waals surface area contributed by atoms with Gasteiger partial charge in [-0.25, -0.2) is 0 Å². The Balaban J connectivity index is 2.14. The van der Waals surface area contributed by atoms with E-state index in [1.54, 1.807) is 30.3 Å². The third kappa shape index (κ3) is 3.18. The second kappa shape index (κ2) is 6.54. The van der Waals surface area contributed by atoms with Crippen LogP contribution in [0.1, 0.15) is 16.8 Å². The maximum absolute atomic E-state index is 12.5. The third-order valence-corrected chi connectivity index (χ3v) is 3.31. The molecule has 1 amide bonds. The fraction of sp³-hybridized carbons (Fsp3) is 0.400. The molecule has 0 unspecified atom stereocenters. The molecule has 1 saturated heterocycles. The number of rotatable bonds is 4. The summed E-state index contributed by atoms with van der Waals surface area (Å²) in [5.41, 5.74) is 0.456. The number of para-hydroxylation sites is 1. The zero-order valence-corrected chi connectivity index (χ0v) is 11.2. The number of hydrogen-bond acceptors (Lipinski definition) is 4. The number of hydrogen-bond donors (Lipinski definition) is 2. The van der Waals surface area contributed by atoms with Gasteiger partial charge in [0.1, 0.15) is 12.4 Å². The Kier molecular flexibility index (Phi) is 4.76. The lowest BCUT2D eigenvalue weighted by molar-refractivity contribution is -0.0322. The Morgan fingerprint density at radius 3 is 2.85 bits per heavy atom. The van der Waals surface area contributed by atoms with Crippen molar-refractivity contribution in [3.05, 3.63) is 42.5 Å². The van der Waals surface area contributed by atoms with Gasteiger partial charge < -0.3 is 19.8 Å². The second-order valence-electron chi connectivity index (χ2n) is 4.77. The second-order valence-corrected chi connectivity index (χ2v) is 4.77. The number of benzene rings is 1. The van der Waals surface area contributed by atoms with Crippen LogP contribution in [0.15, 0.2) is 36.9 Å². The van der Waals surface area contributed by atoms with E-state index < -0.39 is 12.2 Å². The van der Waals surface area contributed by atoms with Crippen LogP contribution in [0.4, 0.5) is 0 Å². The van der Waals surface area contributed by atoms with Crippen LogP contribution in [0, 0.1) is 0 Å². The minimum absolute atomic E-state index is 0.135. The van der Waals surface area contributed by atoms with Gasteiger partial charge in [-0.05, 0) is 18.6 Å². The van der Waals surface area contributed by atoms with E-state index in [9.17, 15) is 15.0 Å². The zero-order chi connectivity index (χ0) is 14.5. The maximum atomic E-state index is 12.5. The van der Waals surface area contributed by atoms with Crippen LogP contribution < -0.4 is 4.74 Å². The molecule has 20 heavy (non-hydrogen) atoms. The van der Waals surface area contributed by atoms with Crippen LogP contribution >= 0.6 is 0 Å². The van der Waals surface area contributed by atoms with Gasteiger partial charge in [0.05, 0.1) is 17.8 Å². The number of piperidine rings is 1. The molecule has 0 spiro atoms. The predicted molar refractivity (Wildman–Crippen MR) is 74.7 cm³/mol. The van der Waals surface area contributed by atoms with Crippen molar-refractivity contribution in [1.29, 1.82) is 0 Å². The molecule has 0 radical (unpaired) electrons. The van der Waals surface area contributed by atoms with Gasteiger partial charge in [0.15, 0.2) is 0 Å². The summed E-state index contributed by atoms with van der Waals surface area (Å²) in [4.78, 5) is 14.0. The predicted octanol–water partition coefficient (Wildman–Crippen LogP) is 0.819. The van der Waals surface area contributed by atoms with E-state index in [2.05, 4.69) is 6.58 Å². The molecule has 1 fully saturated rings. The molecule has 1 aromatic carbocycles. The fourth-order valence-corrected chi connectivity index (χ4v) is 2.19. The number of carbonyl (C=O) groups excluding carboxylic acids is 1. The Morgan fingerprint density at radius 1 is 1.40 bits per heavy atom. The van der Waals surface area contributed by atoms with Crippen LogP contribution in [-0.2, 0) is 0 Å². The number of likely N-dealkylation sites (tertiary alicyclic amines) is 1.